The van der Waals surface area contributed by atoms with Crippen LogP contribution in [0.5, 0.6) is 0 Å². The van der Waals surface area contributed by atoms with Crippen LogP contribution < -0.4 is 5.32 Å². The van der Waals surface area contributed by atoms with Gasteiger partial charge in [0, 0.05) is 19.2 Å². The number of ether oxygens (including phenoxy) is 2. The summed E-state index contributed by atoms with van der Waals surface area (Å²) < 4.78 is 24.7. The van der Waals surface area contributed by atoms with Crippen LogP contribution in [-0.4, -0.2) is 41.6 Å². The van der Waals surface area contributed by atoms with Gasteiger partial charge in [0.1, 0.15) is 24.1 Å². The van der Waals surface area contributed by atoms with Gasteiger partial charge in [-0.3, -0.25) is 4.79 Å². The third-order valence-corrected chi connectivity index (χ3v) is 4.38. The number of halogens is 1. The van der Waals surface area contributed by atoms with Gasteiger partial charge in [-0.1, -0.05) is 30.3 Å². The number of nitrogens with zero attached hydrogens (tertiary/aromatic N) is 1. The van der Waals surface area contributed by atoms with Crippen LogP contribution in [0.4, 0.5) is 9.18 Å². The average molecular weight is 445 g/mol. The van der Waals surface area contributed by atoms with Crippen molar-refractivity contribution >= 4 is 18.0 Å². The number of carbonyl (C=O) groups excluding carboxylic acids is 3. The second kappa shape index (κ2) is 10.7. The Morgan fingerprint density at radius 1 is 1.09 bits per heavy atom. The summed E-state index contributed by atoms with van der Waals surface area (Å²) in [6, 6.07) is 12.1. The van der Waals surface area contributed by atoms with Gasteiger partial charge >= 0.3 is 12.1 Å². The number of rotatable bonds is 7. The summed E-state index contributed by atoms with van der Waals surface area (Å²) in [5.41, 5.74) is 0.476. The monoisotopic (exact) mass is 444 g/mol. The van der Waals surface area contributed by atoms with E-state index in [1.54, 1.807) is 20.8 Å². The average Bonchev–Trinajstić information content (AvgIpc) is 2.72. The standard InChI is InChI=1S/C24H29FN2O5/c1-16(26-23(30)31-15-17-9-7-6-8-10-17)21(28)27(5)14-19-13-18(11-12-20(19)25)22(29)32-24(2,3)4/h6-13,16H,14-15H2,1-5H3,(H,26,30)/t16-/m0/s1. The first kappa shape index (κ1) is 24.8. The number of nitrogens with one attached hydrogen (secondary N) is 1. The fourth-order valence-corrected chi connectivity index (χ4v) is 2.83. The number of hydrogen-bond acceptors (Lipinski definition) is 5. The lowest BCUT2D eigenvalue weighted by molar-refractivity contribution is -0.132. The number of esters is 1. The molecular weight excluding hydrogens is 415 g/mol. The molecule has 0 aliphatic carbocycles. The van der Waals surface area contributed by atoms with E-state index in [1.807, 2.05) is 30.3 Å². The van der Waals surface area contributed by atoms with Crippen molar-refractivity contribution < 1.29 is 28.2 Å². The van der Waals surface area contributed by atoms with E-state index in [0.717, 1.165) is 11.6 Å². The van der Waals surface area contributed by atoms with Gasteiger partial charge in [-0.2, -0.15) is 0 Å². The minimum Gasteiger partial charge on any atom is -0.456 e. The molecule has 172 valence electrons. The Morgan fingerprint density at radius 2 is 1.75 bits per heavy atom. The Kier molecular flexibility index (Phi) is 8.34. The lowest BCUT2D eigenvalue weighted by atomic mass is 10.1. The molecule has 0 aromatic heterocycles. The van der Waals surface area contributed by atoms with Crippen LogP contribution in [0.15, 0.2) is 48.5 Å². The zero-order valence-electron chi connectivity index (χ0n) is 19.0. The van der Waals surface area contributed by atoms with Gasteiger partial charge < -0.3 is 19.7 Å². The van der Waals surface area contributed by atoms with Crippen LogP contribution in [-0.2, 0) is 27.4 Å². The number of likely N-dealkylation sites (N-methyl/N-ethyl adjacent to an activating group) is 1. The molecule has 1 atom stereocenters. The molecule has 0 radical (unpaired) electrons. The Hall–Kier alpha value is -3.42. The molecule has 2 amide bonds. The van der Waals surface area contributed by atoms with E-state index in [2.05, 4.69) is 5.32 Å². The van der Waals surface area contributed by atoms with Crippen molar-refractivity contribution in [1.82, 2.24) is 10.2 Å². The van der Waals surface area contributed by atoms with Gasteiger partial charge in [-0.15, -0.1) is 0 Å². The summed E-state index contributed by atoms with van der Waals surface area (Å²) in [5, 5.41) is 2.47. The molecule has 7 nitrogen and oxygen atoms in total. The second-order valence-corrected chi connectivity index (χ2v) is 8.43. The highest BCUT2D eigenvalue weighted by atomic mass is 19.1. The predicted molar refractivity (Wildman–Crippen MR) is 117 cm³/mol. The highest BCUT2D eigenvalue weighted by Gasteiger charge is 2.23. The molecule has 8 heteroatoms. The zero-order valence-corrected chi connectivity index (χ0v) is 19.0. The van der Waals surface area contributed by atoms with Gasteiger partial charge in [0.25, 0.3) is 0 Å². The van der Waals surface area contributed by atoms with Crippen molar-refractivity contribution in [2.24, 2.45) is 0 Å². The first-order valence-corrected chi connectivity index (χ1v) is 10.2. The number of benzene rings is 2. The summed E-state index contributed by atoms with van der Waals surface area (Å²) >= 11 is 0. The molecule has 0 unspecified atom stereocenters. The maximum Gasteiger partial charge on any atom is 0.408 e. The van der Waals surface area contributed by atoms with Crippen molar-refractivity contribution in [1.29, 1.82) is 0 Å². The van der Waals surface area contributed by atoms with Crippen molar-refractivity contribution in [2.45, 2.75) is 52.5 Å². The smallest absolute Gasteiger partial charge is 0.408 e. The lowest BCUT2D eigenvalue weighted by Crippen LogP contribution is -2.45. The Morgan fingerprint density at radius 3 is 2.38 bits per heavy atom. The van der Waals surface area contributed by atoms with Crippen molar-refractivity contribution in [3.63, 3.8) is 0 Å². The predicted octanol–water partition coefficient (Wildman–Crippen LogP) is 4.05. The molecule has 2 rings (SSSR count). The zero-order chi connectivity index (χ0) is 23.9. The van der Waals surface area contributed by atoms with Crippen LogP contribution in [0, 0.1) is 5.82 Å². The first-order valence-electron chi connectivity index (χ1n) is 10.2. The van der Waals surface area contributed by atoms with E-state index in [1.165, 1.54) is 31.0 Å². The van der Waals surface area contributed by atoms with E-state index in [4.69, 9.17) is 9.47 Å². The molecule has 2 aromatic carbocycles. The van der Waals surface area contributed by atoms with E-state index in [-0.39, 0.29) is 24.3 Å². The molecule has 0 saturated heterocycles. The number of amides is 2. The van der Waals surface area contributed by atoms with E-state index >= 15 is 0 Å². The molecule has 0 saturated carbocycles. The van der Waals surface area contributed by atoms with E-state index in [9.17, 15) is 18.8 Å². The van der Waals surface area contributed by atoms with Gasteiger partial charge in [-0.25, -0.2) is 14.0 Å². The summed E-state index contributed by atoms with van der Waals surface area (Å²) in [6.45, 7) is 6.71. The Labute approximate surface area is 187 Å². The number of alkyl carbamates (subject to hydrolysis) is 1. The van der Waals surface area contributed by atoms with Crippen LogP contribution in [0.2, 0.25) is 0 Å². The minimum atomic E-state index is -0.889. The van der Waals surface area contributed by atoms with Crippen molar-refractivity contribution in [3.05, 3.63) is 71.0 Å². The second-order valence-electron chi connectivity index (χ2n) is 8.43. The maximum atomic E-state index is 14.3. The highest BCUT2D eigenvalue weighted by molar-refractivity contribution is 5.90. The van der Waals surface area contributed by atoms with E-state index in [0.29, 0.717) is 0 Å². The largest absolute Gasteiger partial charge is 0.456 e. The molecule has 0 aliphatic heterocycles. The summed E-state index contributed by atoms with van der Waals surface area (Å²) in [4.78, 5) is 38.1. The molecule has 1 N–H and O–H groups in total. The van der Waals surface area contributed by atoms with Gasteiger partial charge in [0.2, 0.25) is 5.91 Å². The fourth-order valence-electron chi connectivity index (χ4n) is 2.83. The van der Waals surface area contributed by atoms with Gasteiger partial charge in [0.05, 0.1) is 5.56 Å². The maximum absolute atomic E-state index is 14.3. The third kappa shape index (κ3) is 7.68. The van der Waals surface area contributed by atoms with Crippen molar-refractivity contribution in [3.8, 4) is 0 Å². The summed E-state index contributed by atoms with van der Waals surface area (Å²) in [7, 11) is 1.48. The quantitative estimate of drug-likeness (QED) is 0.651. The molecule has 0 fully saturated rings. The molecule has 32 heavy (non-hydrogen) atoms. The molecule has 0 bridgehead atoms. The summed E-state index contributed by atoms with van der Waals surface area (Å²) in [5.74, 6) is -1.58. The van der Waals surface area contributed by atoms with E-state index < -0.39 is 35.4 Å². The van der Waals surface area contributed by atoms with Crippen LogP contribution in [0.1, 0.15) is 49.2 Å². The van der Waals surface area contributed by atoms with Crippen LogP contribution >= 0.6 is 0 Å². The topological polar surface area (TPSA) is 84.9 Å². The minimum absolute atomic E-state index is 0.0755. The Bertz CT molecular complexity index is 957. The molecule has 0 aliphatic rings. The fraction of sp³-hybridized carbons (Fsp3) is 0.375. The normalized spacial score (nSPS) is 11.9. The van der Waals surface area contributed by atoms with Gasteiger partial charge in [0.15, 0.2) is 0 Å². The van der Waals surface area contributed by atoms with Crippen LogP contribution in [0.25, 0.3) is 0 Å². The SMILES string of the molecule is C[C@H](NC(=O)OCc1ccccc1)C(=O)N(C)Cc1cc(C(=O)OC(C)(C)C)ccc1F. The lowest BCUT2D eigenvalue weighted by Gasteiger charge is -2.23. The van der Waals surface area contributed by atoms with Crippen molar-refractivity contribution in [2.75, 3.05) is 7.05 Å². The molecule has 0 spiro atoms. The number of carbonyl (C=O) groups is 3. The molecule has 0 heterocycles. The highest BCUT2D eigenvalue weighted by Crippen LogP contribution is 2.17. The summed E-state index contributed by atoms with van der Waals surface area (Å²) in [6.07, 6.45) is -0.735. The Balaban J connectivity index is 1.95. The molecule has 2 aromatic rings. The van der Waals surface area contributed by atoms with Gasteiger partial charge in [-0.05, 0) is 51.5 Å². The third-order valence-electron chi connectivity index (χ3n) is 4.38. The number of hydrogen-bond donors (Lipinski definition) is 1. The molecular formula is C24H29FN2O5. The first-order chi connectivity index (χ1) is 15.0. The van der Waals surface area contributed by atoms with Crippen LogP contribution in [0.3, 0.4) is 0 Å².